The van der Waals surface area contributed by atoms with E-state index in [-0.39, 0.29) is 0 Å². The van der Waals surface area contributed by atoms with Gasteiger partial charge in [-0.2, -0.15) is 0 Å². The highest BCUT2D eigenvalue weighted by molar-refractivity contribution is 5.79. The van der Waals surface area contributed by atoms with Crippen molar-refractivity contribution in [2.45, 2.75) is 25.0 Å². The second kappa shape index (κ2) is 3.37. The van der Waals surface area contributed by atoms with Crippen LogP contribution in [-0.4, -0.2) is 50.3 Å². The molecule has 0 aromatic rings. The first-order chi connectivity index (χ1) is 7.33. The number of aliphatic imine (C=N–C) groups is 1. The number of fused-ring (bicyclic) bond motifs is 5. The van der Waals surface area contributed by atoms with E-state index in [2.05, 4.69) is 15.2 Å². The number of guanidine groups is 1. The molecule has 2 bridgehead atoms. The van der Waals surface area contributed by atoms with Gasteiger partial charge in [-0.25, -0.2) is 0 Å². The number of ether oxygens (including phenoxy) is 1. The van der Waals surface area contributed by atoms with Crippen molar-refractivity contribution in [2.75, 3.05) is 27.2 Å². The molecule has 3 saturated heterocycles. The highest BCUT2D eigenvalue weighted by Gasteiger charge is 2.53. The average Bonchev–Trinajstić information content (AvgIpc) is 2.90. The molecule has 4 atom stereocenters. The number of nitrogens with zero attached hydrogens (tertiary/aromatic N) is 2. The molecular weight excluding hydrogens is 190 g/mol. The van der Waals surface area contributed by atoms with Crippen molar-refractivity contribution in [1.29, 1.82) is 0 Å². The zero-order valence-corrected chi connectivity index (χ0v) is 9.44. The molecule has 0 amide bonds. The van der Waals surface area contributed by atoms with Crippen LogP contribution >= 0.6 is 0 Å². The molecule has 3 aliphatic rings. The maximum atomic E-state index is 5.95. The van der Waals surface area contributed by atoms with Crippen molar-refractivity contribution in [2.24, 2.45) is 16.8 Å². The fraction of sp³-hybridized carbons (Fsp3) is 0.909. The molecule has 0 spiro atoms. The number of hydrogen-bond acceptors (Lipinski definition) is 2. The predicted octanol–water partition coefficient (Wildman–Crippen LogP) is 0.301. The van der Waals surface area contributed by atoms with Crippen LogP contribution in [0.25, 0.3) is 0 Å². The van der Waals surface area contributed by atoms with Gasteiger partial charge in [-0.05, 0) is 12.8 Å². The predicted molar refractivity (Wildman–Crippen MR) is 58.9 cm³/mol. The van der Waals surface area contributed by atoms with E-state index in [1.807, 2.05) is 14.1 Å². The minimum absolute atomic E-state index is 0.542. The van der Waals surface area contributed by atoms with E-state index >= 15 is 0 Å². The maximum absolute atomic E-state index is 5.95. The van der Waals surface area contributed by atoms with Crippen molar-refractivity contribution in [3.63, 3.8) is 0 Å². The number of hydrogen-bond donors (Lipinski definition) is 1. The van der Waals surface area contributed by atoms with Crippen molar-refractivity contribution in [1.82, 2.24) is 10.2 Å². The lowest BCUT2D eigenvalue weighted by molar-refractivity contribution is 0.0767. The Bertz CT molecular complexity index is 274. The highest BCUT2D eigenvalue weighted by atomic mass is 16.5. The third-order valence-corrected chi connectivity index (χ3v) is 4.19. The van der Waals surface area contributed by atoms with Crippen LogP contribution in [0.3, 0.4) is 0 Å². The van der Waals surface area contributed by atoms with Gasteiger partial charge in [-0.3, -0.25) is 4.99 Å². The molecule has 0 saturated carbocycles. The monoisotopic (exact) mass is 209 g/mol. The third kappa shape index (κ3) is 1.27. The lowest BCUT2D eigenvalue weighted by Crippen LogP contribution is -2.39. The molecule has 3 aliphatic heterocycles. The number of likely N-dealkylation sites (tertiary alicyclic amines) is 1. The molecule has 0 radical (unpaired) electrons. The van der Waals surface area contributed by atoms with Crippen LogP contribution in [0.15, 0.2) is 4.99 Å². The van der Waals surface area contributed by atoms with Crippen LogP contribution < -0.4 is 5.32 Å². The van der Waals surface area contributed by atoms with Gasteiger partial charge in [-0.15, -0.1) is 0 Å². The summed E-state index contributed by atoms with van der Waals surface area (Å²) in [6, 6.07) is 0. The summed E-state index contributed by atoms with van der Waals surface area (Å²) in [7, 11) is 3.80. The Kier molecular flexibility index (Phi) is 2.12. The minimum atomic E-state index is 0.542. The van der Waals surface area contributed by atoms with Gasteiger partial charge in [-0.1, -0.05) is 0 Å². The third-order valence-electron chi connectivity index (χ3n) is 4.19. The summed E-state index contributed by atoms with van der Waals surface area (Å²) in [5, 5.41) is 3.17. The number of nitrogens with one attached hydrogen (secondary N) is 1. The molecule has 15 heavy (non-hydrogen) atoms. The summed E-state index contributed by atoms with van der Waals surface area (Å²) in [5.74, 6) is 2.55. The first kappa shape index (κ1) is 9.46. The lowest BCUT2D eigenvalue weighted by atomic mass is 9.82. The summed E-state index contributed by atoms with van der Waals surface area (Å²) < 4.78 is 5.95. The molecule has 1 N–H and O–H groups in total. The fourth-order valence-electron chi connectivity index (χ4n) is 3.54. The molecule has 84 valence electrons. The Balaban J connectivity index is 1.74. The van der Waals surface area contributed by atoms with Crippen LogP contribution in [0, 0.1) is 11.8 Å². The van der Waals surface area contributed by atoms with Crippen LogP contribution in [0.1, 0.15) is 12.8 Å². The van der Waals surface area contributed by atoms with E-state index in [0.29, 0.717) is 12.2 Å². The van der Waals surface area contributed by atoms with Gasteiger partial charge in [0.2, 0.25) is 0 Å². The maximum Gasteiger partial charge on any atom is 0.193 e. The van der Waals surface area contributed by atoms with Crippen LogP contribution in [0.4, 0.5) is 0 Å². The summed E-state index contributed by atoms with van der Waals surface area (Å²) in [6.45, 7) is 2.25. The van der Waals surface area contributed by atoms with Crippen LogP contribution in [0.2, 0.25) is 0 Å². The summed E-state index contributed by atoms with van der Waals surface area (Å²) in [4.78, 5) is 6.66. The zero-order chi connectivity index (χ0) is 10.4. The van der Waals surface area contributed by atoms with E-state index < -0.39 is 0 Å². The van der Waals surface area contributed by atoms with Gasteiger partial charge in [0.15, 0.2) is 5.96 Å². The number of rotatable bonds is 0. The molecule has 4 unspecified atom stereocenters. The Morgan fingerprint density at radius 1 is 1.27 bits per heavy atom. The van der Waals surface area contributed by atoms with E-state index in [9.17, 15) is 0 Å². The molecule has 3 heterocycles. The Morgan fingerprint density at radius 3 is 2.33 bits per heavy atom. The second-order valence-electron chi connectivity index (χ2n) is 4.82. The van der Waals surface area contributed by atoms with Crippen molar-refractivity contribution >= 4 is 5.96 Å². The van der Waals surface area contributed by atoms with Gasteiger partial charge in [0.25, 0.3) is 0 Å². The molecule has 4 heteroatoms. The largest absolute Gasteiger partial charge is 0.374 e. The second-order valence-corrected chi connectivity index (χ2v) is 4.82. The van der Waals surface area contributed by atoms with Crippen molar-refractivity contribution < 1.29 is 4.74 Å². The molecule has 0 aromatic heterocycles. The fourth-order valence-corrected chi connectivity index (χ4v) is 3.54. The first-order valence-electron chi connectivity index (χ1n) is 5.88. The SMILES string of the molecule is CN=C(NC)N1CC2C3CCC(O3)C2C1. The van der Waals surface area contributed by atoms with E-state index in [1.54, 1.807) is 0 Å². The molecule has 0 aromatic carbocycles. The first-order valence-corrected chi connectivity index (χ1v) is 5.88. The Hall–Kier alpha value is -0.770. The molecule has 3 fully saturated rings. The van der Waals surface area contributed by atoms with Crippen LogP contribution in [-0.2, 0) is 4.74 Å². The normalized spacial score (nSPS) is 43.6. The van der Waals surface area contributed by atoms with E-state index in [4.69, 9.17) is 4.74 Å². The van der Waals surface area contributed by atoms with Gasteiger partial charge in [0, 0.05) is 39.0 Å². The molecule has 0 aliphatic carbocycles. The standard InChI is InChI=1S/C11H19N3O/c1-12-11(13-2)14-5-7-8(6-14)10-4-3-9(7)15-10/h7-10H,3-6H2,1-2H3,(H,12,13). The average molecular weight is 209 g/mol. The molecule has 3 rings (SSSR count). The Morgan fingerprint density at radius 2 is 1.87 bits per heavy atom. The highest BCUT2D eigenvalue weighted by Crippen LogP contribution is 2.47. The van der Waals surface area contributed by atoms with Crippen molar-refractivity contribution in [3.05, 3.63) is 0 Å². The van der Waals surface area contributed by atoms with Gasteiger partial charge in [0.1, 0.15) is 0 Å². The minimum Gasteiger partial charge on any atom is -0.374 e. The van der Waals surface area contributed by atoms with Gasteiger partial charge < -0.3 is 15.0 Å². The quantitative estimate of drug-likeness (QED) is 0.460. The summed E-state index contributed by atoms with van der Waals surface area (Å²) in [6.07, 6.45) is 3.63. The summed E-state index contributed by atoms with van der Waals surface area (Å²) in [5.41, 5.74) is 0. The summed E-state index contributed by atoms with van der Waals surface area (Å²) >= 11 is 0. The van der Waals surface area contributed by atoms with Gasteiger partial charge >= 0.3 is 0 Å². The lowest BCUT2D eigenvalue weighted by Gasteiger charge is -2.21. The van der Waals surface area contributed by atoms with Crippen molar-refractivity contribution in [3.8, 4) is 0 Å². The molecular formula is C11H19N3O. The van der Waals surface area contributed by atoms with Gasteiger partial charge in [0.05, 0.1) is 12.2 Å². The molecule has 4 nitrogen and oxygen atoms in total. The zero-order valence-electron chi connectivity index (χ0n) is 9.44. The van der Waals surface area contributed by atoms with E-state index in [0.717, 1.165) is 30.9 Å². The topological polar surface area (TPSA) is 36.9 Å². The van der Waals surface area contributed by atoms with Crippen LogP contribution in [0.5, 0.6) is 0 Å². The van der Waals surface area contributed by atoms with E-state index in [1.165, 1.54) is 12.8 Å². The Labute approximate surface area is 90.7 Å². The smallest absolute Gasteiger partial charge is 0.193 e.